The molecule has 1 aromatic heterocycles. The SMILES string of the molecule is CN(C)CCCCCCN1C(=O)CC(c2ncc(-c3ccccc3)[nH]2)N(CC2CCCCC2)C1=S. The van der Waals surface area contributed by atoms with Crippen LogP contribution in [0.25, 0.3) is 11.3 Å². The molecule has 4 rings (SSSR count). The minimum Gasteiger partial charge on any atom is -0.340 e. The van der Waals surface area contributed by atoms with Gasteiger partial charge in [-0.25, -0.2) is 4.98 Å². The van der Waals surface area contributed by atoms with E-state index in [4.69, 9.17) is 17.2 Å². The van der Waals surface area contributed by atoms with Crippen LogP contribution in [-0.4, -0.2) is 69.4 Å². The number of nitrogens with zero attached hydrogens (tertiary/aromatic N) is 4. The van der Waals surface area contributed by atoms with E-state index in [1.54, 1.807) is 0 Å². The largest absolute Gasteiger partial charge is 0.340 e. The van der Waals surface area contributed by atoms with E-state index in [0.717, 1.165) is 49.6 Å². The van der Waals surface area contributed by atoms with Crippen molar-refractivity contribution in [2.45, 2.75) is 70.3 Å². The molecule has 2 aliphatic rings. The molecular weight excluding hydrogens is 454 g/mol. The molecule has 2 aromatic rings. The molecule has 6 nitrogen and oxygen atoms in total. The summed E-state index contributed by atoms with van der Waals surface area (Å²) in [4.78, 5) is 27.9. The van der Waals surface area contributed by atoms with Crippen LogP contribution in [0.2, 0.25) is 0 Å². The molecule has 0 radical (unpaired) electrons. The summed E-state index contributed by atoms with van der Waals surface area (Å²) in [5.41, 5.74) is 2.09. The molecule has 0 spiro atoms. The summed E-state index contributed by atoms with van der Waals surface area (Å²) >= 11 is 5.99. The Labute approximate surface area is 216 Å². The van der Waals surface area contributed by atoms with Gasteiger partial charge in [-0.15, -0.1) is 0 Å². The molecule has 1 aliphatic heterocycles. The summed E-state index contributed by atoms with van der Waals surface area (Å²) in [6, 6.07) is 10.1. The first-order chi connectivity index (χ1) is 17.0. The maximum Gasteiger partial charge on any atom is 0.231 e. The van der Waals surface area contributed by atoms with Crippen LogP contribution in [0.5, 0.6) is 0 Å². The maximum atomic E-state index is 13.3. The third-order valence-corrected chi connectivity index (χ3v) is 7.89. The number of aromatic nitrogens is 2. The van der Waals surface area contributed by atoms with Crippen LogP contribution < -0.4 is 0 Å². The van der Waals surface area contributed by atoms with Crippen molar-refractivity contribution >= 4 is 23.2 Å². The highest BCUT2D eigenvalue weighted by Gasteiger charge is 2.39. The van der Waals surface area contributed by atoms with Gasteiger partial charge in [-0.2, -0.15) is 0 Å². The highest BCUT2D eigenvalue weighted by Crippen LogP contribution is 2.34. The number of nitrogens with one attached hydrogen (secondary N) is 1. The van der Waals surface area contributed by atoms with E-state index < -0.39 is 0 Å². The van der Waals surface area contributed by atoms with Crippen molar-refractivity contribution in [3.05, 3.63) is 42.4 Å². The molecule has 1 saturated carbocycles. The van der Waals surface area contributed by atoms with E-state index >= 15 is 0 Å². The fraction of sp³-hybridized carbons (Fsp3) is 0.607. The van der Waals surface area contributed by atoms with Crippen LogP contribution in [0, 0.1) is 5.92 Å². The molecule has 190 valence electrons. The van der Waals surface area contributed by atoms with Crippen LogP contribution in [0.15, 0.2) is 36.5 Å². The average Bonchev–Trinajstić information content (AvgIpc) is 3.36. The van der Waals surface area contributed by atoms with Crippen LogP contribution in [-0.2, 0) is 4.79 Å². The second kappa shape index (κ2) is 12.6. The number of hydrogen-bond donors (Lipinski definition) is 1. The second-order valence-corrected chi connectivity index (χ2v) is 10.8. The number of unbranched alkanes of at least 4 members (excludes halogenated alkanes) is 3. The highest BCUT2D eigenvalue weighted by atomic mass is 32.1. The summed E-state index contributed by atoms with van der Waals surface area (Å²) in [7, 11) is 4.23. The Morgan fingerprint density at radius 2 is 1.80 bits per heavy atom. The quantitative estimate of drug-likeness (QED) is 0.323. The third-order valence-electron chi connectivity index (χ3n) is 7.43. The number of thiocarbonyl (C=S) groups is 1. The first kappa shape index (κ1) is 25.8. The van der Waals surface area contributed by atoms with Gasteiger partial charge in [0.25, 0.3) is 0 Å². The van der Waals surface area contributed by atoms with Crippen molar-refractivity contribution in [3.8, 4) is 11.3 Å². The standard InChI is InChI=1S/C28H41N5OS/c1-31(2)17-11-3-4-12-18-32-26(34)19-25(33(28(32)35)21-22-13-7-5-8-14-22)27-29-20-24(30-27)23-15-9-6-10-16-23/h6,9-10,15-16,20,22,25H,3-5,7-8,11-14,17-19,21H2,1-2H3,(H,29,30). The highest BCUT2D eigenvalue weighted by molar-refractivity contribution is 7.80. The van der Waals surface area contributed by atoms with Crippen molar-refractivity contribution in [2.24, 2.45) is 5.92 Å². The van der Waals surface area contributed by atoms with Crippen molar-refractivity contribution in [3.63, 3.8) is 0 Å². The molecule has 1 N–H and O–H groups in total. The van der Waals surface area contributed by atoms with Gasteiger partial charge in [0.15, 0.2) is 5.11 Å². The molecule has 1 aliphatic carbocycles. The summed E-state index contributed by atoms with van der Waals surface area (Å²) in [6.07, 6.45) is 13.3. The number of rotatable bonds is 11. The number of carbonyl (C=O) groups is 1. The summed E-state index contributed by atoms with van der Waals surface area (Å²) in [5.74, 6) is 1.61. The molecule has 2 heterocycles. The lowest BCUT2D eigenvalue weighted by Crippen LogP contribution is -2.55. The van der Waals surface area contributed by atoms with E-state index in [-0.39, 0.29) is 11.9 Å². The number of hydrogen-bond acceptors (Lipinski definition) is 4. The van der Waals surface area contributed by atoms with Gasteiger partial charge in [0.05, 0.1) is 24.4 Å². The molecule has 35 heavy (non-hydrogen) atoms. The molecule has 1 aromatic carbocycles. The summed E-state index contributed by atoms with van der Waals surface area (Å²) in [5, 5.41) is 0.697. The second-order valence-electron chi connectivity index (χ2n) is 10.5. The first-order valence-electron chi connectivity index (χ1n) is 13.4. The van der Waals surface area contributed by atoms with Crippen LogP contribution >= 0.6 is 12.2 Å². The lowest BCUT2D eigenvalue weighted by Gasteiger charge is -2.44. The number of benzene rings is 1. The van der Waals surface area contributed by atoms with E-state index in [9.17, 15) is 4.79 Å². The van der Waals surface area contributed by atoms with Gasteiger partial charge < -0.3 is 14.8 Å². The molecule has 7 heteroatoms. The predicted octanol–water partition coefficient (Wildman–Crippen LogP) is 5.64. The molecule has 1 saturated heterocycles. The van der Waals surface area contributed by atoms with Gasteiger partial charge in [-0.05, 0) is 70.0 Å². The lowest BCUT2D eigenvalue weighted by molar-refractivity contribution is -0.131. The van der Waals surface area contributed by atoms with Crippen molar-refractivity contribution in [2.75, 3.05) is 33.7 Å². The fourth-order valence-electron chi connectivity index (χ4n) is 5.42. The third kappa shape index (κ3) is 6.91. The lowest BCUT2D eigenvalue weighted by atomic mass is 9.88. The number of carbonyl (C=O) groups excluding carboxylic acids is 1. The first-order valence-corrected chi connectivity index (χ1v) is 13.8. The smallest absolute Gasteiger partial charge is 0.231 e. The van der Waals surface area contributed by atoms with Gasteiger partial charge in [0.2, 0.25) is 5.91 Å². The van der Waals surface area contributed by atoms with Crippen molar-refractivity contribution in [1.82, 2.24) is 24.7 Å². The van der Waals surface area contributed by atoms with Crippen LogP contribution in [0.1, 0.15) is 76.1 Å². The normalized spacial score (nSPS) is 19.7. The number of amides is 1. The molecule has 1 atom stereocenters. The van der Waals surface area contributed by atoms with Crippen molar-refractivity contribution < 1.29 is 4.79 Å². The van der Waals surface area contributed by atoms with Gasteiger partial charge in [-0.3, -0.25) is 9.69 Å². The van der Waals surface area contributed by atoms with Crippen LogP contribution in [0.3, 0.4) is 0 Å². The van der Waals surface area contributed by atoms with E-state index in [1.165, 1.54) is 44.9 Å². The van der Waals surface area contributed by atoms with E-state index in [2.05, 4.69) is 41.0 Å². The van der Waals surface area contributed by atoms with Gasteiger partial charge >= 0.3 is 0 Å². The summed E-state index contributed by atoms with van der Waals surface area (Å²) < 4.78 is 0. The molecule has 2 fully saturated rings. The zero-order chi connectivity index (χ0) is 24.6. The molecule has 0 bridgehead atoms. The number of imidazole rings is 1. The topological polar surface area (TPSA) is 55.5 Å². The Hall–Kier alpha value is -2.25. The minimum absolute atomic E-state index is 0.120. The number of aromatic amines is 1. The Morgan fingerprint density at radius 3 is 2.54 bits per heavy atom. The maximum absolute atomic E-state index is 13.3. The average molecular weight is 496 g/mol. The Balaban J connectivity index is 1.46. The Kier molecular flexibility index (Phi) is 9.32. The zero-order valence-electron chi connectivity index (χ0n) is 21.4. The molecule has 1 unspecified atom stereocenters. The van der Waals surface area contributed by atoms with Gasteiger partial charge in [-0.1, -0.05) is 62.4 Å². The van der Waals surface area contributed by atoms with E-state index in [1.807, 2.05) is 29.3 Å². The zero-order valence-corrected chi connectivity index (χ0v) is 22.2. The Bertz CT molecular complexity index is 953. The monoisotopic (exact) mass is 495 g/mol. The van der Waals surface area contributed by atoms with Crippen molar-refractivity contribution in [1.29, 1.82) is 0 Å². The Morgan fingerprint density at radius 1 is 1.06 bits per heavy atom. The predicted molar refractivity (Wildman–Crippen MR) is 146 cm³/mol. The minimum atomic E-state index is -0.120. The van der Waals surface area contributed by atoms with Crippen LogP contribution in [0.4, 0.5) is 0 Å². The van der Waals surface area contributed by atoms with E-state index in [0.29, 0.717) is 17.5 Å². The molecule has 1 amide bonds. The molecular formula is C28H41N5OS. The summed E-state index contributed by atoms with van der Waals surface area (Å²) in [6.45, 7) is 2.75. The fourth-order valence-corrected chi connectivity index (χ4v) is 5.82. The van der Waals surface area contributed by atoms with Gasteiger partial charge in [0.1, 0.15) is 5.82 Å². The number of H-pyrrole nitrogens is 1. The van der Waals surface area contributed by atoms with Gasteiger partial charge in [0, 0.05) is 13.1 Å².